The van der Waals surface area contributed by atoms with Crippen LogP contribution in [-0.4, -0.2) is 33.3 Å². The number of aliphatic hydroxyl groups is 2. The van der Waals surface area contributed by atoms with E-state index in [0.717, 1.165) is 0 Å². The number of carbonyl (C=O) groups is 2. The highest BCUT2D eigenvalue weighted by molar-refractivity contribution is 5.79. The van der Waals surface area contributed by atoms with E-state index in [-0.39, 0.29) is 12.0 Å². The number of amides is 1. The molecule has 0 radical (unpaired) electrons. The van der Waals surface area contributed by atoms with Gasteiger partial charge in [0.2, 0.25) is 5.91 Å². The third-order valence-electron chi connectivity index (χ3n) is 2.31. The Labute approximate surface area is 97.3 Å². The van der Waals surface area contributed by atoms with Crippen LogP contribution in [0.25, 0.3) is 0 Å². The van der Waals surface area contributed by atoms with Gasteiger partial charge < -0.3 is 21.1 Å². The monoisotopic (exact) mass is 239 g/mol. The van der Waals surface area contributed by atoms with Crippen molar-refractivity contribution >= 4 is 11.9 Å². The maximum Gasteiger partial charge on any atom is 0.307 e. The minimum atomic E-state index is -1.76. The molecule has 0 spiro atoms. The van der Waals surface area contributed by atoms with Gasteiger partial charge >= 0.3 is 5.97 Å². The Balaban J connectivity index is 3.04. The van der Waals surface area contributed by atoms with Gasteiger partial charge in [-0.3, -0.25) is 9.59 Å². The predicted octanol–water partition coefficient (Wildman–Crippen LogP) is -0.807. The molecule has 5 N–H and O–H groups in total. The van der Waals surface area contributed by atoms with Crippen molar-refractivity contribution in [1.82, 2.24) is 0 Å². The first kappa shape index (κ1) is 13.1. The fourth-order valence-electron chi connectivity index (χ4n) is 1.47. The number of carbonyl (C=O) groups excluding carboxylic acids is 1. The summed E-state index contributed by atoms with van der Waals surface area (Å²) in [5, 5.41) is 27.7. The number of carboxylic acid groups (broad SMARTS) is 1. The Kier molecular flexibility index (Phi) is 4.19. The molecule has 0 aliphatic carbocycles. The summed E-state index contributed by atoms with van der Waals surface area (Å²) in [5.41, 5.74) is 5.37. The smallest absolute Gasteiger partial charge is 0.307 e. The molecule has 6 heteroatoms. The van der Waals surface area contributed by atoms with Gasteiger partial charge in [0.05, 0.1) is 6.42 Å². The van der Waals surface area contributed by atoms with E-state index >= 15 is 0 Å². The molecule has 92 valence electrons. The van der Waals surface area contributed by atoms with Gasteiger partial charge in [-0.1, -0.05) is 24.3 Å². The summed E-state index contributed by atoms with van der Waals surface area (Å²) in [6, 6.07) is 6.11. The Morgan fingerprint density at radius 2 is 1.82 bits per heavy atom. The van der Waals surface area contributed by atoms with Crippen LogP contribution >= 0.6 is 0 Å². The molecule has 2 atom stereocenters. The van der Waals surface area contributed by atoms with Crippen molar-refractivity contribution in [1.29, 1.82) is 0 Å². The zero-order valence-corrected chi connectivity index (χ0v) is 8.91. The van der Waals surface area contributed by atoms with Crippen molar-refractivity contribution in [2.24, 2.45) is 5.73 Å². The van der Waals surface area contributed by atoms with E-state index in [9.17, 15) is 19.8 Å². The lowest BCUT2D eigenvalue weighted by Gasteiger charge is -2.17. The van der Waals surface area contributed by atoms with Gasteiger partial charge in [-0.05, 0) is 11.1 Å². The summed E-state index contributed by atoms with van der Waals surface area (Å²) in [6.07, 6.45) is -3.59. The van der Waals surface area contributed by atoms with Gasteiger partial charge in [0.15, 0.2) is 6.10 Å². The molecule has 1 rings (SSSR count). The molecule has 0 saturated heterocycles. The summed E-state index contributed by atoms with van der Waals surface area (Å²) < 4.78 is 0. The third kappa shape index (κ3) is 3.27. The molecule has 0 bridgehead atoms. The number of carboxylic acids is 1. The largest absolute Gasteiger partial charge is 0.481 e. The normalized spacial score (nSPS) is 14.0. The van der Waals surface area contributed by atoms with Crippen molar-refractivity contribution in [2.75, 3.05) is 0 Å². The molecule has 6 nitrogen and oxygen atoms in total. The van der Waals surface area contributed by atoms with E-state index < -0.39 is 24.1 Å². The maximum atomic E-state index is 10.7. The number of hydrogen-bond acceptors (Lipinski definition) is 4. The molecule has 0 fully saturated rings. The highest BCUT2D eigenvalue weighted by atomic mass is 16.4. The lowest BCUT2D eigenvalue weighted by Crippen LogP contribution is -2.34. The molecule has 0 aliphatic heterocycles. The minimum absolute atomic E-state index is 0.182. The number of nitrogens with two attached hydrogens (primary N) is 1. The number of primary amides is 1. The van der Waals surface area contributed by atoms with E-state index in [4.69, 9.17) is 10.8 Å². The number of aliphatic carboxylic acids is 1. The van der Waals surface area contributed by atoms with Crippen molar-refractivity contribution in [3.63, 3.8) is 0 Å². The standard InChI is InChI=1S/C11H13NO5/c12-11(17)10(16)9(15)7-4-2-1-3-6(7)5-8(13)14/h1-4,9-10,15-16H,5H2,(H2,12,17)(H,13,14). The van der Waals surface area contributed by atoms with Gasteiger partial charge in [-0.25, -0.2) is 0 Å². The first-order valence-electron chi connectivity index (χ1n) is 4.88. The Morgan fingerprint density at radius 3 is 2.35 bits per heavy atom. The fraction of sp³-hybridized carbons (Fsp3) is 0.273. The lowest BCUT2D eigenvalue weighted by atomic mass is 9.96. The molecule has 1 amide bonds. The second kappa shape index (κ2) is 5.42. The Morgan fingerprint density at radius 1 is 1.24 bits per heavy atom. The molecular weight excluding hydrogens is 226 g/mol. The number of hydrogen-bond donors (Lipinski definition) is 4. The molecule has 0 saturated carbocycles. The zero-order valence-electron chi connectivity index (χ0n) is 8.91. The molecule has 1 aromatic carbocycles. The summed E-state index contributed by atoms with van der Waals surface area (Å²) in [5.74, 6) is -2.14. The topological polar surface area (TPSA) is 121 Å². The van der Waals surface area contributed by atoms with Crippen LogP contribution < -0.4 is 5.73 Å². The minimum Gasteiger partial charge on any atom is -0.481 e. The van der Waals surface area contributed by atoms with Crippen LogP contribution in [0.1, 0.15) is 17.2 Å². The molecular formula is C11H13NO5. The van der Waals surface area contributed by atoms with E-state index in [1.165, 1.54) is 12.1 Å². The van der Waals surface area contributed by atoms with Gasteiger partial charge in [0.25, 0.3) is 0 Å². The van der Waals surface area contributed by atoms with Crippen molar-refractivity contribution in [3.05, 3.63) is 35.4 Å². The summed E-state index contributed by atoms with van der Waals surface area (Å²) in [4.78, 5) is 21.4. The fourth-order valence-corrected chi connectivity index (χ4v) is 1.47. The van der Waals surface area contributed by atoms with Crippen molar-refractivity contribution in [3.8, 4) is 0 Å². The summed E-state index contributed by atoms with van der Waals surface area (Å²) >= 11 is 0. The molecule has 0 aliphatic rings. The van der Waals surface area contributed by atoms with Crippen LogP contribution in [0.3, 0.4) is 0 Å². The Bertz CT molecular complexity index is 432. The highest BCUT2D eigenvalue weighted by Crippen LogP contribution is 2.21. The lowest BCUT2D eigenvalue weighted by molar-refractivity contribution is -0.136. The van der Waals surface area contributed by atoms with Crippen LogP contribution in [0, 0.1) is 0 Å². The predicted molar refractivity (Wildman–Crippen MR) is 57.9 cm³/mol. The molecule has 1 aromatic rings. The van der Waals surface area contributed by atoms with Crippen LogP contribution in [0.15, 0.2) is 24.3 Å². The van der Waals surface area contributed by atoms with Gasteiger partial charge in [-0.2, -0.15) is 0 Å². The zero-order chi connectivity index (χ0) is 13.0. The maximum absolute atomic E-state index is 10.7. The van der Waals surface area contributed by atoms with E-state index in [1.54, 1.807) is 12.1 Å². The molecule has 17 heavy (non-hydrogen) atoms. The van der Waals surface area contributed by atoms with Crippen LogP contribution in [0.4, 0.5) is 0 Å². The summed E-state index contributed by atoms with van der Waals surface area (Å²) in [7, 11) is 0. The SMILES string of the molecule is NC(=O)C(O)C(O)c1ccccc1CC(=O)O. The van der Waals surface area contributed by atoms with E-state index in [1.807, 2.05) is 0 Å². The first-order chi connectivity index (χ1) is 7.93. The van der Waals surface area contributed by atoms with Crippen LogP contribution in [0.5, 0.6) is 0 Å². The number of benzene rings is 1. The summed E-state index contributed by atoms with van der Waals surface area (Å²) in [6.45, 7) is 0. The second-order valence-electron chi connectivity index (χ2n) is 3.56. The number of rotatable bonds is 5. The van der Waals surface area contributed by atoms with E-state index in [0.29, 0.717) is 5.56 Å². The Hall–Kier alpha value is -1.92. The van der Waals surface area contributed by atoms with Crippen LogP contribution in [-0.2, 0) is 16.0 Å². The van der Waals surface area contributed by atoms with Gasteiger partial charge in [0, 0.05) is 0 Å². The number of aliphatic hydroxyl groups excluding tert-OH is 2. The van der Waals surface area contributed by atoms with Gasteiger partial charge in [-0.15, -0.1) is 0 Å². The van der Waals surface area contributed by atoms with Crippen LogP contribution in [0.2, 0.25) is 0 Å². The molecule has 2 unspecified atom stereocenters. The van der Waals surface area contributed by atoms with Crippen molar-refractivity contribution < 1.29 is 24.9 Å². The van der Waals surface area contributed by atoms with Crippen molar-refractivity contribution in [2.45, 2.75) is 18.6 Å². The van der Waals surface area contributed by atoms with Gasteiger partial charge in [0.1, 0.15) is 6.10 Å². The van der Waals surface area contributed by atoms with E-state index in [2.05, 4.69) is 0 Å². The average Bonchev–Trinajstić information content (AvgIpc) is 2.27. The first-order valence-corrected chi connectivity index (χ1v) is 4.88. The second-order valence-corrected chi connectivity index (χ2v) is 3.56. The highest BCUT2D eigenvalue weighted by Gasteiger charge is 2.25. The quantitative estimate of drug-likeness (QED) is 0.535. The third-order valence-corrected chi connectivity index (χ3v) is 2.31. The average molecular weight is 239 g/mol. The molecule has 0 heterocycles. The molecule has 0 aromatic heterocycles.